The molecule has 3 aromatic rings. The number of methoxy groups -OCH3 is 2. The molecule has 1 aliphatic rings. The molecule has 1 aromatic heterocycles. The second-order valence-corrected chi connectivity index (χ2v) is 7.00. The van der Waals surface area contributed by atoms with Crippen molar-refractivity contribution >= 4 is 22.6 Å². The Bertz CT molecular complexity index is 1120. The van der Waals surface area contributed by atoms with E-state index in [1.165, 1.54) is 0 Å². The first-order valence-corrected chi connectivity index (χ1v) is 9.87. The summed E-state index contributed by atoms with van der Waals surface area (Å²) in [5.74, 6) is 0.908. The lowest BCUT2D eigenvalue weighted by molar-refractivity contribution is 0.0854. The van der Waals surface area contributed by atoms with Gasteiger partial charge in [0.15, 0.2) is 0 Å². The second-order valence-electron chi connectivity index (χ2n) is 7.00. The zero-order valence-electron chi connectivity index (χ0n) is 17.0. The highest BCUT2D eigenvalue weighted by Crippen LogP contribution is 2.31. The van der Waals surface area contributed by atoms with Crippen molar-refractivity contribution in [3.05, 3.63) is 59.6 Å². The van der Waals surface area contributed by atoms with Crippen molar-refractivity contribution in [2.45, 2.75) is 18.9 Å². The van der Waals surface area contributed by atoms with Gasteiger partial charge >= 0.3 is 0 Å². The Morgan fingerprint density at radius 2 is 2.03 bits per heavy atom. The highest BCUT2D eigenvalue weighted by Gasteiger charge is 2.19. The second kappa shape index (κ2) is 9.00. The number of nitrogens with zero attached hydrogens (tertiary/aromatic N) is 1. The van der Waals surface area contributed by atoms with Crippen molar-refractivity contribution in [1.82, 2.24) is 5.32 Å². The quantitative estimate of drug-likeness (QED) is 0.674. The van der Waals surface area contributed by atoms with Gasteiger partial charge in [0, 0.05) is 24.6 Å². The molecule has 156 valence electrons. The number of carbonyl (C=O) groups is 1. The van der Waals surface area contributed by atoms with Gasteiger partial charge in [0.2, 0.25) is 5.55 Å². The number of para-hydroxylation sites is 1. The van der Waals surface area contributed by atoms with Gasteiger partial charge in [-0.15, -0.1) is 0 Å². The molecule has 1 N–H and O–H groups in total. The summed E-state index contributed by atoms with van der Waals surface area (Å²) in [5.41, 5.74) is 1.68. The lowest BCUT2D eigenvalue weighted by Gasteiger charge is -2.11. The molecule has 1 amide bonds. The molecule has 0 bridgehead atoms. The molecule has 30 heavy (non-hydrogen) atoms. The topological polar surface area (TPSA) is 82.3 Å². The van der Waals surface area contributed by atoms with Crippen LogP contribution < -0.4 is 20.3 Å². The molecule has 2 aromatic carbocycles. The third-order valence-electron chi connectivity index (χ3n) is 5.02. The molecule has 4 rings (SSSR count). The van der Waals surface area contributed by atoms with Crippen LogP contribution in [0.15, 0.2) is 57.9 Å². The first kappa shape index (κ1) is 20.0. The Kier molecular flexibility index (Phi) is 5.99. The Balaban J connectivity index is 1.78. The standard InChI is InChI=1S/C23H24N2O5/c1-27-16-9-10-21(28-2)19(13-16)25-23-18(12-15-6-3-4-8-20(15)30-23)22(26)24-14-17-7-5-11-29-17/h3-4,6,8-10,12-13,17H,5,7,11,14H2,1-2H3,(H,24,26)/t17-/m0/s1. The van der Waals surface area contributed by atoms with Gasteiger partial charge in [-0.05, 0) is 37.1 Å². The molecule has 7 heteroatoms. The zero-order chi connectivity index (χ0) is 20.9. The minimum absolute atomic E-state index is 0.0465. The van der Waals surface area contributed by atoms with Crippen molar-refractivity contribution in [2.75, 3.05) is 27.4 Å². The molecular formula is C23H24N2O5. The third-order valence-corrected chi connectivity index (χ3v) is 5.02. The molecule has 2 heterocycles. The first-order chi connectivity index (χ1) is 14.7. The maximum absolute atomic E-state index is 13.0. The zero-order valence-corrected chi connectivity index (χ0v) is 17.0. The average molecular weight is 408 g/mol. The monoisotopic (exact) mass is 408 g/mol. The summed E-state index contributed by atoms with van der Waals surface area (Å²) in [6, 6.07) is 14.6. The van der Waals surface area contributed by atoms with E-state index in [-0.39, 0.29) is 17.6 Å². The van der Waals surface area contributed by atoms with Crippen molar-refractivity contribution < 1.29 is 23.4 Å². The van der Waals surface area contributed by atoms with Crippen LogP contribution in [0.5, 0.6) is 11.5 Å². The SMILES string of the molecule is COc1ccc(OC)c(N=c2oc3ccccc3cc2C(=O)NC[C@@H]2CCCO2)c1. The van der Waals surface area contributed by atoms with Gasteiger partial charge in [-0.25, -0.2) is 4.99 Å². The van der Waals surface area contributed by atoms with Gasteiger partial charge in [0.25, 0.3) is 5.91 Å². The van der Waals surface area contributed by atoms with Crippen LogP contribution in [0.4, 0.5) is 5.69 Å². The van der Waals surface area contributed by atoms with E-state index in [1.807, 2.05) is 24.3 Å². The number of rotatable bonds is 6. The number of fused-ring (bicyclic) bond motifs is 1. The summed E-state index contributed by atoms with van der Waals surface area (Å²) in [6.07, 6.45) is 2.01. The van der Waals surface area contributed by atoms with Crippen LogP contribution in [0.25, 0.3) is 11.0 Å². The van der Waals surface area contributed by atoms with Gasteiger partial charge in [0.1, 0.15) is 28.3 Å². The molecule has 1 saturated heterocycles. The summed E-state index contributed by atoms with van der Waals surface area (Å²) < 4.78 is 22.3. The molecule has 1 aliphatic heterocycles. The number of nitrogens with one attached hydrogen (secondary N) is 1. The fourth-order valence-corrected chi connectivity index (χ4v) is 3.42. The van der Waals surface area contributed by atoms with E-state index in [4.69, 9.17) is 18.6 Å². The molecule has 0 saturated carbocycles. The molecular weight excluding hydrogens is 384 g/mol. The van der Waals surface area contributed by atoms with Crippen molar-refractivity contribution in [1.29, 1.82) is 0 Å². The number of hydrogen-bond donors (Lipinski definition) is 1. The highest BCUT2D eigenvalue weighted by molar-refractivity contribution is 5.96. The Labute approximate surface area is 174 Å². The highest BCUT2D eigenvalue weighted by atomic mass is 16.5. The number of carbonyl (C=O) groups excluding carboxylic acids is 1. The van der Waals surface area contributed by atoms with Crippen LogP contribution in [-0.4, -0.2) is 39.4 Å². The van der Waals surface area contributed by atoms with Crippen molar-refractivity contribution in [2.24, 2.45) is 4.99 Å². The molecule has 0 aliphatic carbocycles. The summed E-state index contributed by atoms with van der Waals surface area (Å²) in [5, 5.41) is 3.76. The van der Waals surface area contributed by atoms with Crippen molar-refractivity contribution in [3.63, 3.8) is 0 Å². The lowest BCUT2D eigenvalue weighted by atomic mass is 10.1. The van der Waals surface area contributed by atoms with E-state index in [2.05, 4.69) is 10.3 Å². The Hall–Kier alpha value is -3.32. The van der Waals surface area contributed by atoms with Crippen LogP contribution in [-0.2, 0) is 4.74 Å². The van der Waals surface area contributed by atoms with Crippen LogP contribution in [0.1, 0.15) is 23.2 Å². The molecule has 0 unspecified atom stereocenters. The van der Waals surface area contributed by atoms with Crippen LogP contribution in [0.3, 0.4) is 0 Å². The minimum atomic E-state index is -0.263. The molecule has 1 atom stereocenters. The van der Waals surface area contributed by atoms with Gasteiger partial charge in [-0.2, -0.15) is 0 Å². The van der Waals surface area contributed by atoms with Gasteiger partial charge in [-0.3, -0.25) is 4.79 Å². The predicted octanol–water partition coefficient (Wildman–Crippen LogP) is 3.59. The number of amides is 1. The van der Waals surface area contributed by atoms with Gasteiger partial charge < -0.3 is 23.9 Å². The largest absolute Gasteiger partial charge is 0.497 e. The smallest absolute Gasteiger partial charge is 0.256 e. The Morgan fingerprint density at radius 1 is 1.17 bits per heavy atom. The normalized spacial score (nSPS) is 16.6. The van der Waals surface area contributed by atoms with Crippen molar-refractivity contribution in [3.8, 4) is 11.5 Å². The van der Waals surface area contributed by atoms with E-state index in [1.54, 1.807) is 38.5 Å². The number of ether oxygens (including phenoxy) is 3. The van der Waals surface area contributed by atoms with Crippen LogP contribution in [0, 0.1) is 0 Å². The van der Waals surface area contributed by atoms with Crippen LogP contribution in [0.2, 0.25) is 0 Å². The molecule has 0 spiro atoms. The van der Waals surface area contributed by atoms with Crippen LogP contribution >= 0.6 is 0 Å². The summed E-state index contributed by atoms with van der Waals surface area (Å²) in [7, 11) is 3.14. The fraction of sp³-hybridized carbons (Fsp3) is 0.304. The van der Waals surface area contributed by atoms with E-state index >= 15 is 0 Å². The average Bonchev–Trinajstić information content (AvgIpc) is 3.30. The lowest BCUT2D eigenvalue weighted by Crippen LogP contribution is -2.34. The predicted molar refractivity (Wildman–Crippen MR) is 112 cm³/mol. The summed E-state index contributed by atoms with van der Waals surface area (Å²) >= 11 is 0. The molecule has 7 nitrogen and oxygen atoms in total. The minimum Gasteiger partial charge on any atom is -0.497 e. The summed E-state index contributed by atoms with van der Waals surface area (Å²) in [4.78, 5) is 17.6. The van der Waals surface area contributed by atoms with Gasteiger partial charge in [0.05, 0.1) is 20.3 Å². The van der Waals surface area contributed by atoms with E-state index in [9.17, 15) is 4.79 Å². The maximum atomic E-state index is 13.0. The Morgan fingerprint density at radius 3 is 2.80 bits per heavy atom. The van der Waals surface area contributed by atoms with Gasteiger partial charge in [-0.1, -0.05) is 18.2 Å². The fourth-order valence-electron chi connectivity index (χ4n) is 3.42. The van der Waals surface area contributed by atoms with E-state index in [0.717, 1.165) is 24.8 Å². The molecule has 0 radical (unpaired) electrons. The molecule has 1 fully saturated rings. The maximum Gasteiger partial charge on any atom is 0.256 e. The number of benzene rings is 2. The van der Waals surface area contributed by atoms with E-state index in [0.29, 0.717) is 34.9 Å². The van der Waals surface area contributed by atoms with E-state index < -0.39 is 0 Å². The number of hydrogen-bond acceptors (Lipinski definition) is 6. The third kappa shape index (κ3) is 4.31. The summed E-state index contributed by atoms with van der Waals surface area (Å²) in [6.45, 7) is 1.19. The first-order valence-electron chi connectivity index (χ1n) is 9.87.